The normalized spacial score (nSPS) is 20.7. The monoisotopic (exact) mass is 385 g/mol. The minimum Gasteiger partial charge on any atom is -0.343 e. The van der Waals surface area contributed by atoms with Crippen LogP contribution in [0.1, 0.15) is 43.7 Å². The number of nitrogens with one attached hydrogen (secondary N) is 2. The standard InChI is InChI=1S/C20H20FN3O2S/c1-20(2)8-12-15(13(25)9-20)14(10-5-4-6-11(21)7-10)16-17(22-12)23-19(27-3)24-18(16)26/h4-7,14H,8-9H2,1-3H3,(H2,22,23,24,26)/t14-/m1/s1. The van der Waals surface area contributed by atoms with Gasteiger partial charge in [0, 0.05) is 23.6 Å². The molecule has 0 unspecified atom stereocenters. The van der Waals surface area contributed by atoms with Crippen LogP contribution in [-0.2, 0) is 4.79 Å². The van der Waals surface area contributed by atoms with E-state index in [1.807, 2.05) is 20.1 Å². The summed E-state index contributed by atoms with van der Waals surface area (Å²) in [5.41, 5.74) is 1.79. The van der Waals surface area contributed by atoms with Crippen LogP contribution in [0, 0.1) is 11.2 Å². The molecule has 0 saturated heterocycles. The van der Waals surface area contributed by atoms with Crippen molar-refractivity contribution in [1.82, 2.24) is 9.97 Å². The number of benzene rings is 1. The van der Waals surface area contributed by atoms with Crippen LogP contribution in [-0.4, -0.2) is 22.0 Å². The van der Waals surface area contributed by atoms with Gasteiger partial charge in [0.25, 0.3) is 5.56 Å². The second-order valence-electron chi connectivity index (χ2n) is 7.78. The van der Waals surface area contributed by atoms with Crippen LogP contribution < -0.4 is 10.9 Å². The topological polar surface area (TPSA) is 74.8 Å². The molecule has 2 N–H and O–H groups in total. The molecule has 1 aliphatic carbocycles. The minimum atomic E-state index is -0.622. The number of hydrogen-bond acceptors (Lipinski definition) is 5. The molecule has 1 atom stereocenters. The van der Waals surface area contributed by atoms with Gasteiger partial charge in [0.2, 0.25) is 0 Å². The van der Waals surface area contributed by atoms with Crippen LogP contribution in [0.4, 0.5) is 10.2 Å². The van der Waals surface area contributed by atoms with E-state index in [1.54, 1.807) is 12.1 Å². The fourth-order valence-corrected chi connectivity index (χ4v) is 4.39. The van der Waals surface area contributed by atoms with Crippen LogP contribution >= 0.6 is 11.8 Å². The quantitative estimate of drug-likeness (QED) is 0.607. The van der Waals surface area contributed by atoms with Gasteiger partial charge in [-0.25, -0.2) is 9.37 Å². The summed E-state index contributed by atoms with van der Waals surface area (Å²) in [5, 5.41) is 3.73. The van der Waals surface area contributed by atoms with Crippen molar-refractivity contribution in [3.05, 3.63) is 62.8 Å². The van der Waals surface area contributed by atoms with E-state index < -0.39 is 11.7 Å². The highest BCUT2D eigenvalue weighted by Crippen LogP contribution is 2.47. The van der Waals surface area contributed by atoms with Crippen molar-refractivity contribution in [2.45, 2.75) is 37.8 Å². The molecule has 1 aliphatic heterocycles. The van der Waals surface area contributed by atoms with Crippen LogP contribution in [0.25, 0.3) is 0 Å². The molecule has 0 saturated carbocycles. The number of rotatable bonds is 2. The zero-order valence-corrected chi connectivity index (χ0v) is 16.2. The van der Waals surface area contributed by atoms with E-state index in [2.05, 4.69) is 15.3 Å². The Morgan fingerprint density at radius 1 is 1.26 bits per heavy atom. The van der Waals surface area contributed by atoms with Gasteiger partial charge in [0.15, 0.2) is 10.9 Å². The Hall–Kier alpha value is -2.41. The van der Waals surface area contributed by atoms with Crippen LogP contribution in [0.15, 0.2) is 45.5 Å². The molecule has 7 heteroatoms. The first-order chi connectivity index (χ1) is 12.8. The second kappa shape index (κ2) is 6.34. The summed E-state index contributed by atoms with van der Waals surface area (Å²) in [6.45, 7) is 4.09. The van der Waals surface area contributed by atoms with E-state index in [0.717, 1.165) is 5.70 Å². The highest BCUT2D eigenvalue weighted by atomic mass is 32.2. The lowest BCUT2D eigenvalue weighted by molar-refractivity contribution is -0.118. The largest absolute Gasteiger partial charge is 0.343 e. The van der Waals surface area contributed by atoms with Crippen molar-refractivity contribution in [3.63, 3.8) is 0 Å². The summed E-state index contributed by atoms with van der Waals surface area (Å²) >= 11 is 1.34. The highest BCUT2D eigenvalue weighted by molar-refractivity contribution is 7.98. The molecule has 2 aliphatic rings. The number of allylic oxidation sites excluding steroid dienone is 2. The number of Topliss-reactive ketones (excluding diaryl/α,β-unsaturated/α-hetero) is 1. The highest BCUT2D eigenvalue weighted by Gasteiger charge is 2.42. The minimum absolute atomic E-state index is 0.0120. The van der Waals surface area contributed by atoms with Gasteiger partial charge in [-0.15, -0.1) is 0 Å². The molecule has 0 bridgehead atoms. The van der Waals surface area contributed by atoms with E-state index >= 15 is 0 Å². The van der Waals surface area contributed by atoms with Gasteiger partial charge >= 0.3 is 0 Å². The molecule has 5 nitrogen and oxygen atoms in total. The molecule has 0 amide bonds. The molecule has 4 rings (SSSR count). The number of nitrogens with zero attached hydrogens (tertiary/aromatic N) is 1. The lowest BCUT2D eigenvalue weighted by Gasteiger charge is -2.38. The first-order valence-electron chi connectivity index (χ1n) is 8.76. The summed E-state index contributed by atoms with van der Waals surface area (Å²) in [6, 6.07) is 6.09. The Labute approximate surface area is 160 Å². The molecule has 2 aromatic rings. The number of aromatic nitrogens is 2. The van der Waals surface area contributed by atoms with Gasteiger partial charge < -0.3 is 10.3 Å². The fraction of sp³-hybridized carbons (Fsp3) is 0.350. The number of hydrogen-bond donors (Lipinski definition) is 2. The Bertz CT molecular complexity index is 1040. The van der Waals surface area contributed by atoms with Crippen molar-refractivity contribution in [3.8, 4) is 0 Å². The number of H-pyrrole nitrogens is 1. The molecule has 27 heavy (non-hydrogen) atoms. The summed E-state index contributed by atoms with van der Waals surface area (Å²) < 4.78 is 13.9. The van der Waals surface area contributed by atoms with Gasteiger partial charge in [-0.2, -0.15) is 0 Å². The van der Waals surface area contributed by atoms with E-state index in [0.29, 0.717) is 40.5 Å². The lowest BCUT2D eigenvalue weighted by atomic mass is 9.69. The van der Waals surface area contributed by atoms with Gasteiger partial charge in [-0.1, -0.05) is 37.7 Å². The fourth-order valence-electron chi connectivity index (χ4n) is 4.01. The number of halogens is 1. The first-order valence-corrected chi connectivity index (χ1v) is 9.98. The number of thioether (sulfide) groups is 1. The Kier molecular flexibility index (Phi) is 4.22. The van der Waals surface area contributed by atoms with Crippen molar-refractivity contribution < 1.29 is 9.18 Å². The summed E-state index contributed by atoms with van der Waals surface area (Å²) in [4.78, 5) is 33.1. The van der Waals surface area contributed by atoms with Gasteiger partial charge in [0.1, 0.15) is 11.6 Å². The molecule has 0 spiro atoms. The predicted molar refractivity (Wildman–Crippen MR) is 104 cm³/mol. The maximum atomic E-state index is 13.9. The third kappa shape index (κ3) is 3.10. The van der Waals surface area contributed by atoms with Gasteiger partial charge in [0.05, 0.1) is 5.56 Å². The first kappa shape index (κ1) is 18.0. The molecule has 140 valence electrons. The van der Waals surface area contributed by atoms with Crippen molar-refractivity contribution in [2.75, 3.05) is 11.6 Å². The Morgan fingerprint density at radius 2 is 2.04 bits per heavy atom. The van der Waals surface area contributed by atoms with Crippen LogP contribution in [0.3, 0.4) is 0 Å². The third-order valence-corrected chi connectivity index (χ3v) is 5.66. The van der Waals surface area contributed by atoms with Gasteiger partial charge in [-0.05, 0) is 35.8 Å². The average Bonchev–Trinajstić information content (AvgIpc) is 2.58. The summed E-state index contributed by atoms with van der Waals surface area (Å²) in [6.07, 6.45) is 2.89. The van der Waals surface area contributed by atoms with E-state index in [4.69, 9.17) is 0 Å². The Balaban J connectivity index is 1.99. The molecular formula is C20H20FN3O2S. The van der Waals surface area contributed by atoms with E-state index in [1.165, 1.54) is 23.9 Å². The zero-order chi connectivity index (χ0) is 19.3. The molecule has 0 radical (unpaired) electrons. The SMILES string of the molecule is CSc1nc2c(c(=O)[nH]1)[C@H](c1cccc(F)c1)C1=C(CC(C)(C)CC1=O)N2. The smallest absolute Gasteiger partial charge is 0.257 e. The van der Waals surface area contributed by atoms with Crippen molar-refractivity contribution >= 4 is 23.4 Å². The van der Waals surface area contributed by atoms with Crippen LogP contribution in [0.2, 0.25) is 0 Å². The number of carbonyl (C=O) groups is 1. The second-order valence-corrected chi connectivity index (χ2v) is 8.58. The number of aromatic amines is 1. The summed E-state index contributed by atoms with van der Waals surface area (Å²) in [7, 11) is 0. The number of carbonyl (C=O) groups excluding carboxylic acids is 1. The number of anilines is 1. The van der Waals surface area contributed by atoms with Crippen molar-refractivity contribution in [1.29, 1.82) is 0 Å². The number of fused-ring (bicyclic) bond motifs is 1. The maximum absolute atomic E-state index is 13.9. The third-order valence-electron chi connectivity index (χ3n) is 5.08. The van der Waals surface area contributed by atoms with Crippen LogP contribution in [0.5, 0.6) is 0 Å². The van der Waals surface area contributed by atoms with Crippen molar-refractivity contribution in [2.24, 2.45) is 5.41 Å². The molecule has 1 aromatic heterocycles. The molecule has 0 fully saturated rings. The zero-order valence-electron chi connectivity index (χ0n) is 15.4. The molecular weight excluding hydrogens is 365 g/mol. The summed E-state index contributed by atoms with van der Waals surface area (Å²) in [5.74, 6) is -0.588. The number of ketones is 1. The molecule has 1 aromatic carbocycles. The van der Waals surface area contributed by atoms with Gasteiger partial charge in [-0.3, -0.25) is 9.59 Å². The average molecular weight is 385 g/mol. The Morgan fingerprint density at radius 3 is 2.74 bits per heavy atom. The predicted octanol–water partition coefficient (Wildman–Crippen LogP) is 3.83. The maximum Gasteiger partial charge on any atom is 0.257 e. The lowest BCUT2D eigenvalue weighted by Crippen LogP contribution is -2.37. The molecule has 2 heterocycles. The van der Waals surface area contributed by atoms with E-state index in [-0.39, 0.29) is 16.8 Å². The van der Waals surface area contributed by atoms with E-state index in [9.17, 15) is 14.0 Å².